The van der Waals surface area contributed by atoms with Gasteiger partial charge in [0.1, 0.15) is 0 Å². The molecule has 0 radical (unpaired) electrons. The number of para-hydroxylation sites is 1. The van der Waals surface area contributed by atoms with Gasteiger partial charge in [0.15, 0.2) is 6.23 Å². The Morgan fingerprint density at radius 1 is 1.35 bits per heavy atom. The third-order valence-corrected chi connectivity index (χ3v) is 2.44. The number of hydrogen-bond donors (Lipinski definition) is 3. The summed E-state index contributed by atoms with van der Waals surface area (Å²) in [6.07, 6.45) is 0.0182. The van der Waals surface area contributed by atoms with Gasteiger partial charge in [-0.05, 0) is 6.07 Å². The van der Waals surface area contributed by atoms with Crippen molar-refractivity contribution in [2.24, 2.45) is 0 Å². The maximum Gasteiger partial charge on any atom is 0.219 e. The molecule has 1 aromatic carbocycles. The highest BCUT2D eigenvalue weighted by molar-refractivity contribution is 6.10. The summed E-state index contributed by atoms with van der Waals surface area (Å²) >= 11 is 0. The Labute approximate surface area is 97.4 Å². The maximum atomic E-state index is 11.9. The molecule has 0 saturated heterocycles. The third-order valence-electron chi connectivity index (χ3n) is 2.44. The van der Waals surface area contributed by atoms with Crippen molar-refractivity contribution >= 4 is 22.6 Å². The van der Waals surface area contributed by atoms with E-state index in [2.05, 4.69) is 10.3 Å². The topological polar surface area (TPSA) is 82.2 Å². The van der Waals surface area contributed by atoms with Crippen LogP contribution in [-0.4, -0.2) is 28.0 Å². The van der Waals surface area contributed by atoms with E-state index in [9.17, 15) is 14.7 Å². The molecule has 0 aliphatic carbocycles. The number of aromatic amines is 1. The van der Waals surface area contributed by atoms with E-state index in [0.717, 1.165) is 10.9 Å². The van der Waals surface area contributed by atoms with E-state index < -0.39 is 17.9 Å². The molecular formula is C12H12N2O3. The highest BCUT2D eigenvalue weighted by atomic mass is 16.3. The van der Waals surface area contributed by atoms with Crippen molar-refractivity contribution in [3.05, 3.63) is 36.0 Å². The van der Waals surface area contributed by atoms with Crippen molar-refractivity contribution in [3.63, 3.8) is 0 Å². The van der Waals surface area contributed by atoms with E-state index in [1.165, 1.54) is 13.1 Å². The normalized spacial score (nSPS) is 12.4. The van der Waals surface area contributed by atoms with Crippen LogP contribution in [0.25, 0.3) is 10.9 Å². The van der Waals surface area contributed by atoms with Crippen molar-refractivity contribution < 1.29 is 14.7 Å². The first-order chi connectivity index (χ1) is 8.09. The lowest BCUT2D eigenvalue weighted by Crippen LogP contribution is -2.39. The van der Waals surface area contributed by atoms with Gasteiger partial charge in [-0.3, -0.25) is 9.59 Å². The second-order valence-electron chi connectivity index (χ2n) is 3.72. The number of Topliss-reactive ketones (excluding diaryl/α,β-unsaturated/α-hetero) is 1. The van der Waals surface area contributed by atoms with E-state index in [-0.39, 0.29) is 0 Å². The summed E-state index contributed by atoms with van der Waals surface area (Å²) in [6.45, 7) is 1.24. The first-order valence-electron chi connectivity index (χ1n) is 5.15. The summed E-state index contributed by atoms with van der Waals surface area (Å²) in [5.74, 6) is -0.983. The predicted molar refractivity (Wildman–Crippen MR) is 62.5 cm³/mol. The van der Waals surface area contributed by atoms with Crippen LogP contribution in [0.5, 0.6) is 0 Å². The van der Waals surface area contributed by atoms with Crippen molar-refractivity contribution in [2.75, 3.05) is 0 Å². The number of H-pyrrole nitrogens is 1. The lowest BCUT2D eigenvalue weighted by Gasteiger charge is -2.09. The van der Waals surface area contributed by atoms with E-state index >= 15 is 0 Å². The maximum absolute atomic E-state index is 11.9. The van der Waals surface area contributed by atoms with Gasteiger partial charge in [-0.2, -0.15) is 0 Å². The quantitative estimate of drug-likeness (QED) is 0.541. The molecule has 0 fully saturated rings. The molecule has 0 spiro atoms. The largest absolute Gasteiger partial charge is 0.367 e. The number of aliphatic hydroxyl groups excluding tert-OH is 1. The summed E-state index contributed by atoms with van der Waals surface area (Å²) in [5.41, 5.74) is 1.17. The Balaban J connectivity index is 2.33. The molecule has 0 aliphatic rings. The lowest BCUT2D eigenvalue weighted by atomic mass is 10.1. The number of amides is 1. The highest BCUT2D eigenvalue weighted by Gasteiger charge is 2.20. The van der Waals surface area contributed by atoms with Gasteiger partial charge in [0.2, 0.25) is 11.7 Å². The van der Waals surface area contributed by atoms with Crippen LogP contribution < -0.4 is 5.32 Å². The fraction of sp³-hybridized carbons (Fsp3) is 0.167. The molecule has 1 atom stereocenters. The number of carbonyl (C=O) groups is 2. The van der Waals surface area contributed by atoms with Gasteiger partial charge in [-0.15, -0.1) is 0 Å². The molecule has 0 unspecified atom stereocenters. The molecular weight excluding hydrogens is 220 g/mol. The van der Waals surface area contributed by atoms with Crippen LogP contribution in [-0.2, 0) is 4.79 Å². The minimum Gasteiger partial charge on any atom is -0.367 e. The molecule has 88 valence electrons. The van der Waals surface area contributed by atoms with Crippen LogP contribution in [0.15, 0.2) is 30.5 Å². The first-order valence-corrected chi connectivity index (χ1v) is 5.15. The molecule has 3 N–H and O–H groups in total. The van der Waals surface area contributed by atoms with Gasteiger partial charge in [0.05, 0.1) is 0 Å². The van der Waals surface area contributed by atoms with E-state index in [1.807, 2.05) is 12.1 Å². The smallest absolute Gasteiger partial charge is 0.219 e. The molecule has 5 heteroatoms. The SMILES string of the molecule is CC(=O)N[C@@H](O)C(=O)c1c[nH]c2ccccc12. The number of rotatable bonds is 3. The Morgan fingerprint density at radius 3 is 2.76 bits per heavy atom. The number of nitrogens with one attached hydrogen (secondary N) is 2. The summed E-state index contributed by atoms with van der Waals surface area (Å²) in [7, 11) is 0. The second kappa shape index (κ2) is 4.39. The Bertz CT molecular complexity index is 574. The monoisotopic (exact) mass is 232 g/mol. The van der Waals surface area contributed by atoms with E-state index in [1.54, 1.807) is 12.1 Å². The zero-order valence-corrected chi connectivity index (χ0v) is 9.23. The number of ketones is 1. The first kappa shape index (κ1) is 11.3. The van der Waals surface area contributed by atoms with Gasteiger partial charge in [-0.25, -0.2) is 0 Å². The van der Waals surface area contributed by atoms with Gasteiger partial charge in [0.25, 0.3) is 0 Å². The molecule has 0 aliphatic heterocycles. The minimum absolute atomic E-state index is 0.363. The summed E-state index contributed by atoms with van der Waals surface area (Å²) < 4.78 is 0. The molecule has 5 nitrogen and oxygen atoms in total. The van der Waals surface area contributed by atoms with Crippen LogP contribution >= 0.6 is 0 Å². The lowest BCUT2D eigenvalue weighted by molar-refractivity contribution is -0.121. The number of aromatic nitrogens is 1. The predicted octanol–water partition coefficient (Wildman–Crippen LogP) is 0.805. The van der Waals surface area contributed by atoms with Gasteiger partial charge in [-0.1, -0.05) is 18.2 Å². The van der Waals surface area contributed by atoms with Crippen molar-refractivity contribution in [1.29, 1.82) is 0 Å². The number of benzene rings is 1. The molecule has 2 rings (SSSR count). The Kier molecular flexibility index (Phi) is 2.93. The Hall–Kier alpha value is -2.14. The van der Waals surface area contributed by atoms with Crippen molar-refractivity contribution in [2.45, 2.75) is 13.2 Å². The highest BCUT2D eigenvalue weighted by Crippen LogP contribution is 2.18. The van der Waals surface area contributed by atoms with Gasteiger partial charge < -0.3 is 15.4 Å². The van der Waals surface area contributed by atoms with Crippen LogP contribution in [0.4, 0.5) is 0 Å². The molecule has 2 aromatic rings. The zero-order chi connectivity index (χ0) is 12.4. The van der Waals surface area contributed by atoms with Crippen molar-refractivity contribution in [1.82, 2.24) is 10.3 Å². The molecule has 0 saturated carbocycles. The Morgan fingerprint density at radius 2 is 2.06 bits per heavy atom. The number of hydrogen-bond acceptors (Lipinski definition) is 3. The van der Waals surface area contributed by atoms with E-state index in [0.29, 0.717) is 5.56 Å². The van der Waals surface area contributed by atoms with Crippen LogP contribution in [0.2, 0.25) is 0 Å². The average Bonchev–Trinajstić information content (AvgIpc) is 2.70. The third kappa shape index (κ3) is 2.19. The number of fused-ring (bicyclic) bond motifs is 1. The standard InChI is InChI=1S/C12H12N2O3/c1-7(15)14-12(17)11(16)9-6-13-10-5-3-2-4-8(9)10/h2-6,12-13,17H,1H3,(H,14,15)/t12-/m0/s1. The summed E-state index contributed by atoms with van der Waals surface area (Å²) in [6, 6.07) is 7.26. The van der Waals surface area contributed by atoms with Crippen molar-refractivity contribution in [3.8, 4) is 0 Å². The zero-order valence-electron chi connectivity index (χ0n) is 9.23. The number of carbonyl (C=O) groups excluding carboxylic acids is 2. The summed E-state index contributed by atoms with van der Waals surface area (Å²) in [5, 5.41) is 12.4. The van der Waals surface area contributed by atoms with Gasteiger partial charge in [0, 0.05) is 29.6 Å². The van der Waals surface area contributed by atoms with Gasteiger partial charge >= 0.3 is 0 Å². The van der Waals surface area contributed by atoms with E-state index in [4.69, 9.17) is 0 Å². The molecule has 0 bridgehead atoms. The molecule has 1 heterocycles. The fourth-order valence-electron chi connectivity index (χ4n) is 1.68. The van der Waals surface area contributed by atoms with Crippen LogP contribution in [0.1, 0.15) is 17.3 Å². The number of aliphatic hydroxyl groups is 1. The molecule has 1 aromatic heterocycles. The second-order valence-corrected chi connectivity index (χ2v) is 3.72. The minimum atomic E-state index is -1.51. The summed E-state index contributed by atoms with van der Waals surface area (Å²) in [4.78, 5) is 25.6. The molecule has 1 amide bonds. The van der Waals surface area contributed by atoms with Crippen LogP contribution in [0, 0.1) is 0 Å². The fourth-order valence-corrected chi connectivity index (χ4v) is 1.68. The average molecular weight is 232 g/mol. The van der Waals surface area contributed by atoms with Crippen LogP contribution in [0.3, 0.4) is 0 Å². The molecule has 17 heavy (non-hydrogen) atoms.